The molecule has 0 aromatic carbocycles. The van der Waals surface area contributed by atoms with E-state index in [1.165, 1.54) is 6.42 Å². The quantitative estimate of drug-likeness (QED) is 0.743. The molecule has 0 N–H and O–H groups in total. The summed E-state index contributed by atoms with van der Waals surface area (Å²) in [5.74, 6) is -0.0176. The van der Waals surface area contributed by atoms with E-state index in [9.17, 15) is 4.79 Å². The summed E-state index contributed by atoms with van der Waals surface area (Å²) in [6, 6.07) is 2.02. The van der Waals surface area contributed by atoms with Crippen LogP contribution in [0, 0.1) is 0 Å². The number of piperidine rings is 1. The highest BCUT2D eigenvalue weighted by Gasteiger charge is 2.26. The van der Waals surface area contributed by atoms with Gasteiger partial charge >= 0.3 is 0 Å². The van der Waals surface area contributed by atoms with Gasteiger partial charge in [0.15, 0.2) is 0 Å². The monoisotopic (exact) mass is 316 g/mol. The maximum atomic E-state index is 12.4. The van der Waals surface area contributed by atoms with Gasteiger partial charge < -0.3 is 4.90 Å². The lowest BCUT2D eigenvalue weighted by atomic mass is 10.0. The summed E-state index contributed by atoms with van der Waals surface area (Å²) in [7, 11) is 0. The van der Waals surface area contributed by atoms with Gasteiger partial charge in [-0.25, -0.2) is 4.98 Å². The Morgan fingerprint density at radius 1 is 1.59 bits per heavy atom. The van der Waals surface area contributed by atoms with E-state index in [1.54, 1.807) is 12.3 Å². The largest absolute Gasteiger partial charge is 0.336 e. The summed E-state index contributed by atoms with van der Waals surface area (Å²) in [6.07, 6.45) is 4.91. The molecule has 17 heavy (non-hydrogen) atoms. The maximum absolute atomic E-state index is 12.4. The molecule has 1 aliphatic rings. The first kappa shape index (κ1) is 12.8. The van der Waals surface area contributed by atoms with E-state index >= 15 is 0 Å². The van der Waals surface area contributed by atoms with Crippen LogP contribution in [0.15, 0.2) is 16.7 Å². The molecule has 2 heterocycles. The van der Waals surface area contributed by atoms with Crippen molar-refractivity contribution in [2.75, 3.05) is 6.54 Å². The van der Waals surface area contributed by atoms with Crippen LogP contribution >= 0.6 is 27.5 Å². The normalized spacial score (nSPS) is 20.4. The van der Waals surface area contributed by atoms with Crippen molar-refractivity contribution in [2.24, 2.45) is 0 Å². The molecule has 1 atom stereocenters. The summed E-state index contributed by atoms with van der Waals surface area (Å²) in [4.78, 5) is 18.2. The van der Waals surface area contributed by atoms with Crippen molar-refractivity contribution in [3.63, 3.8) is 0 Å². The van der Waals surface area contributed by atoms with E-state index in [-0.39, 0.29) is 17.1 Å². The number of carbonyl (C=O) groups excluding carboxylic acids is 1. The Morgan fingerprint density at radius 3 is 3.06 bits per heavy atom. The molecule has 1 fully saturated rings. The number of hydrogen-bond acceptors (Lipinski definition) is 2. The van der Waals surface area contributed by atoms with E-state index in [4.69, 9.17) is 11.6 Å². The van der Waals surface area contributed by atoms with E-state index in [0.29, 0.717) is 5.56 Å². The minimum Gasteiger partial charge on any atom is -0.336 e. The minimum atomic E-state index is -0.0176. The molecule has 1 aromatic rings. The highest BCUT2D eigenvalue weighted by atomic mass is 79.9. The zero-order valence-corrected chi connectivity index (χ0v) is 12.0. The number of carbonyl (C=O) groups is 1. The van der Waals surface area contributed by atoms with E-state index in [1.807, 2.05) is 4.90 Å². The van der Waals surface area contributed by atoms with Crippen LogP contribution in [0.3, 0.4) is 0 Å². The molecule has 0 saturated carbocycles. The second-order valence-corrected chi connectivity index (χ2v) is 5.61. The molecule has 1 unspecified atom stereocenters. The second kappa shape index (κ2) is 5.36. The third kappa shape index (κ3) is 2.80. The fraction of sp³-hybridized carbons (Fsp3) is 0.500. The standard InChI is InChI=1S/C12H14BrClN2O/c1-8-4-2-3-5-16(8)12(17)10-6-9(13)7-15-11(10)14/h6-8H,2-5H2,1H3. The average Bonchev–Trinajstić information content (AvgIpc) is 2.32. The van der Waals surface area contributed by atoms with Gasteiger partial charge in [-0.15, -0.1) is 0 Å². The van der Waals surface area contributed by atoms with Crippen molar-refractivity contribution in [1.29, 1.82) is 0 Å². The van der Waals surface area contributed by atoms with Crippen LogP contribution in [0.25, 0.3) is 0 Å². The molecular formula is C12H14BrClN2O. The van der Waals surface area contributed by atoms with Gasteiger partial charge in [-0.1, -0.05) is 11.6 Å². The van der Waals surface area contributed by atoms with Gasteiger partial charge in [0, 0.05) is 23.3 Å². The predicted molar refractivity (Wildman–Crippen MR) is 71.3 cm³/mol. The van der Waals surface area contributed by atoms with E-state index < -0.39 is 0 Å². The van der Waals surface area contributed by atoms with Gasteiger partial charge in [0.1, 0.15) is 5.15 Å². The number of rotatable bonds is 1. The highest BCUT2D eigenvalue weighted by Crippen LogP contribution is 2.24. The first-order valence-electron chi connectivity index (χ1n) is 5.71. The van der Waals surface area contributed by atoms with Crippen LogP contribution in [0.5, 0.6) is 0 Å². The molecule has 3 nitrogen and oxygen atoms in total. The van der Waals surface area contributed by atoms with Crippen LogP contribution in [0.2, 0.25) is 5.15 Å². The zero-order chi connectivity index (χ0) is 12.4. The van der Waals surface area contributed by atoms with Gasteiger partial charge in [-0.05, 0) is 48.2 Å². The first-order valence-corrected chi connectivity index (χ1v) is 6.88. The lowest BCUT2D eigenvalue weighted by Gasteiger charge is -2.33. The third-order valence-electron chi connectivity index (χ3n) is 3.10. The fourth-order valence-electron chi connectivity index (χ4n) is 2.13. The van der Waals surface area contributed by atoms with Crippen molar-refractivity contribution in [2.45, 2.75) is 32.2 Å². The number of aromatic nitrogens is 1. The maximum Gasteiger partial charge on any atom is 0.257 e. The molecule has 1 amide bonds. The van der Waals surface area contributed by atoms with Crippen molar-refractivity contribution in [1.82, 2.24) is 9.88 Å². The predicted octanol–water partition coefficient (Wildman–Crippen LogP) is 3.51. The molecule has 1 aliphatic heterocycles. The fourth-order valence-corrected chi connectivity index (χ4v) is 2.64. The third-order valence-corrected chi connectivity index (χ3v) is 3.83. The second-order valence-electron chi connectivity index (χ2n) is 4.34. The number of nitrogens with zero attached hydrogens (tertiary/aromatic N) is 2. The molecule has 0 aliphatic carbocycles. The molecule has 1 saturated heterocycles. The molecule has 5 heteroatoms. The molecule has 1 aromatic heterocycles. The van der Waals surface area contributed by atoms with Crippen LogP contribution in [-0.4, -0.2) is 28.4 Å². The smallest absolute Gasteiger partial charge is 0.257 e. The van der Waals surface area contributed by atoms with E-state index in [2.05, 4.69) is 27.8 Å². The van der Waals surface area contributed by atoms with Crippen LogP contribution < -0.4 is 0 Å². The highest BCUT2D eigenvalue weighted by molar-refractivity contribution is 9.10. The Hall–Kier alpha value is -0.610. The van der Waals surface area contributed by atoms with Gasteiger partial charge in [-0.2, -0.15) is 0 Å². The van der Waals surface area contributed by atoms with Gasteiger partial charge in [0.2, 0.25) is 0 Å². The van der Waals surface area contributed by atoms with Gasteiger partial charge in [-0.3, -0.25) is 4.79 Å². The van der Waals surface area contributed by atoms with Crippen molar-refractivity contribution < 1.29 is 4.79 Å². The molecule has 92 valence electrons. The summed E-state index contributed by atoms with van der Waals surface area (Å²) in [5, 5.41) is 0.274. The van der Waals surface area contributed by atoms with Crippen LogP contribution in [0.4, 0.5) is 0 Å². The minimum absolute atomic E-state index is 0.0176. The summed E-state index contributed by atoms with van der Waals surface area (Å²) >= 11 is 9.29. The summed E-state index contributed by atoms with van der Waals surface area (Å²) in [6.45, 7) is 2.89. The summed E-state index contributed by atoms with van der Waals surface area (Å²) < 4.78 is 0.773. The topological polar surface area (TPSA) is 33.2 Å². The molecule has 0 bridgehead atoms. The Kier molecular flexibility index (Phi) is 4.05. The van der Waals surface area contributed by atoms with Crippen LogP contribution in [0.1, 0.15) is 36.5 Å². The number of hydrogen-bond donors (Lipinski definition) is 0. The molecular weight excluding hydrogens is 304 g/mol. The van der Waals surface area contributed by atoms with Gasteiger partial charge in [0.25, 0.3) is 5.91 Å². The van der Waals surface area contributed by atoms with Crippen LogP contribution in [-0.2, 0) is 0 Å². The molecule has 0 spiro atoms. The molecule has 0 radical (unpaired) electrons. The Balaban J connectivity index is 2.26. The number of amides is 1. The average molecular weight is 318 g/mol. The lowest BCUT2D eigenvalue weighted by Crippen LogP contribution is -2.42. The zero-order valence-electron chi connectivity index (χ0n) is 9.62. The number of likely N-dealkylation sites (tertiary alicyclic amines) is 1. The number of halogens is 2. The summed E-state index contributed by atoms with van der Waals surface area (Å²) in [5.41, 5.74) is 0.481. The Labute approximate surface area is 114 Å². The van der Waals surface area contributed by atoms with Gasteiger partial charge in [0.05, 0.1) is 5.56 Å². The molecule has 2 rings (SSSR count). The number of pyridine rings is 1. The Morgan fingerprint density at radius 2 is 2.35 bits per heavy atom. The van der Waals surface area contributed by atoms with Crippen molar-refractivity contribution in [3.8, 4) is 0 Å². The van der Waals surface area contributed by atoms with E-state index in [0.717, 1.165) is 23.9 Å². The lowest BCUT2D eigenvalue weighted by molar-refractivity contribution is 0.0635. The van der Waals surface area contributed by atoms with Crippen molar-refractivity contribution >= 4 is 33.4 Å². The first-order chi connectivity index (χ1) is 8.09. The SMILES string of the molecule is CC1CCCCN1C(=O)c1cc(Br)cnc1Cl. The Bertz CT molecular complexity index is 439. The van der Waals surface area contributed by atoms with Crippen molar-refractivity contribution in [3.05, 3.63) is 27.5 Å².